The molecule has 0 spiro atoms. The molecule has 0 radical (unpaired) electrons. The number of carbonyl (C=O) groups is 2. The Kier molecular flexibility index (Phi) is 3.64. The van der Waals surface area contributed by atoms with Crippen LogP contribution in [0.25, 0.3) is 5.78 Å². The van der Waals surface area contributed by atoms with Crippen LogP contribution in [0.1, 0.15) is 30.2 Å². The van der Waals surface area contributed by atoms with Crippen LogP contribution in [0, 0.1) is 12.8 Å². The van der Waals surface area contributed by atoms with E-state index in [9.17, 15) is 9.59 Å². The van der Waals surface area contributed by atoms with Gasteiger partial charge < -0.3 is 10.4 Å². The van der Waals surface area contributed by atoms with Crippen LogP contribution in [0.3, 0.4) is 0 Å². The normalized spacial score (nSPS) is 12.6. The largest absolute Gasteiger partial charge is 0.480 e. The van der Waals surface area contributed by atoms with E-state index in [4.69, 9.17) is 5.11 Å². The molecule has 0 fully saturated rings. The first-order valence-electron chi connectivity index (χ1n) is 6.12. The summed E-state index contributed by atoms with van der Waals surface area (Å²) in [5, 5.41) is 15.5. The van der Waals surface area contributed by atoms with Crippen molar-refractivity contribution in [1.82, 2.24) is 24.9 Å². The lowest BCUT2D eigenvalue weighted by Gasteiger charge is -2.16. The lowest BCUT2D eigenvalue weighted by atomic mass is 10.1. The van der Waals surface area contributed by atoms with Gasteiger partial charge in [0.25, 0.3) is 11.7 Å². The number of aryl methyl sites for hydroxylation is 1. The molecule has 2 heterocycles. The van der Waals surface area contributed by atoms with Crippen LogP contribution >= 0.6 is 0 Å². The van der Waals surface area contributed by atoms with E-state index in [0.29, 0.717) is 5.78 Å². The van der Waals surface area contributed by atoms with E-state index in [0.717, 1.165) is 5.69 Å². The van der Waals surface area contributed by atoms with Gasteiger partial charge in [-0.25, -0.2) is 14.3 Å². The van der Waals surface area contributed by atoms with Crippen molar-refractivity contribution in [3.8, 4) is 0 Å². The predicted octanol–water partition coefficient (Wildman–Crippen LogP) is 0.272. The van der Waals surface area contributed by atoms with Gasteiger partial charge in [-0.2, -0.15) is 4.98 Å². The molecular weight excluding hydrogens is 262 g/mol. The summed E-state index contributed by atoms with van der Waals surface area (Å²) in [6.45, 7) is 5.23. The smallest absolute Gasteiger partial charge is 0.326 e. The van der Waals surface area contributed by atoms with Gasteiger partial charge in [-0.15, -0.1) is 5.10 Å². The number of carboxylic acid groups (broad SMARTS) is 1. The summed E-state index contributed by atoms with van der Waals surface area (Å²) >= 11 is 0. The number of fused-ring (bicyclic) bond motifs is 1. The second-order valence-corrected chi connectivity index (χ2v) is 4.77. The first-order chi connectivity index (χ1) is 9.40. The molecule has 8 nitrogen and oxygen atoms in total. The molecule has 0 aromatic carbocycles. The van der Waals surface area contributed by atoms with Gasteiger partial charge in [-0.1, -0.05) is 13.8 Å². The maximum atomic E-state index is 12.0. The quantitative estimate of drug-likeness (QED) is 0.830. The molecule has 2 N–H and O–H groups in total. The SMILES string of the molecule is Cc1ccnc2nc(C(=O)NC(C(=O)O)C(C)C)nn12. The highest BCUT2D eigenvalue weighted by atomic mass is 16.4. The number of aliphatic carboxylic acids is 1. The summed E-state index contributed by atoms with van der Waals surface area (Å²) in [7, 11) is 0. The van der Waals surface area contributed by atoms with Gasteiger partial charge >= 0.3 is 5.97 Å². The molecule has 2 aromatic heterocycles. The molecule has 20 heavy (non-hydrogen) atoms. The van der Waals surface area contributed by atoms with E-state index in [1.165, 1.54) is 4.52 Å². The standard InChI is InChI=1S/C12H15N5O3/c1-6(2)8(11(19)20)14-10(18)9-15-12-13-5-4-7(3)17(12)16-9/h4-6,8H,1-3H3,(H,14,18)(H,19,20). The van der Waals surface area contributed by atoms with Crippen molar-refractivity contribution in [3.05, 3.63) is 23.8 Å². The van der Waals surface area contributed by atoms with Crippen LogP contribution in [0.5, 0.6) is 0 Å². The van der Waals surface area contributed by atoms with Gasteiger partial charge in [0.05, 0.1) is 0 Å². The van der Waals surface area contributed by atoms with Gasteiger partial charge in [0.2, 0.25) is 5.82 Å². The van der Waals surface area contributed by atoms with Crippen molar-refractivity contribution >= 4 is 17.7 Å². The number of nitrogens with one attached hydrogen (secondary N) is 1. The third-order valence-corrected chi connectivity index (χ3v) is 2.85. The van der Waals surface area contributed by atoms with E-state index in [1.54, 1.807) is 33.0 Å². The highest BCUT2D eigenvalue weighted by Gasteiger charge is 2.25. The van der Waals surface area contributed by atoms with Crippen LogP contribution in [-0.4, -0.2) is 42.6 Å². The Hall–Kier alpha value is -2.51. The van der Waals surface area contributed by atoms with Crippen molar-refractivity contribution in [2.45, 2.75) is 26.8 Å². The lowest BCUT2D eigenvalue weighted by Crippen LogP contribution is -2.44. The summed E-state index contributed by atoms with van der Waals surface area (Å²) in [6.07, 6.45) is 1.56. The van der Waals surface area contributed by atoms with Gasteiger partial charge in [0.15, 0.2) is 0 Å². The molecule has 0 saturated heterocycles. The molecule has 1 amide bonds. The zero-order valence-corrected chi connectivity index (χ0v) is 11.4. The molecule has 0 aliphatic heterocycles. The Morgan fingerprint density at radius 3 is 2.65 bits per heavy atom. The monoisotopic (exact) mass is 277 g/mol. The summed E-state index contributed by atoms with van der Waals surface area (Å²) in [4.78, 5) is 31.0. The molecule has 0 bridgehead atoms. The summed E-state index contributed by atoms with van der Waals surface area (Å²) < 4.78 is 1.43. The van der Waals surface area contributed by atoms with Crippen LogP contribution < -0.4 is 5.32 Å². The van der Waals surface area contributed by atoms with Crippen LogP contribution in [0.4, 0.5) is 0 Å². The van der Waals surface area contributed by atoms with Crippen molar-refractivity contribution in [2.24, 2.45) is 5.92 Å². The second-order valence-electron chi connectivity index (χ2n) is 4.77. The van der Waals surface area contributed by atoms with E-state index in [1.807, 2.05) is 0 Å². The van der Waals surface area contributed by atoms with Crippen molar-refractivity contribution in [3.63, 3.8) is 0 Å². The number of carbonyl (C=O) groups excluding carboxylic acids is 1. The molecule has 106 valence electrons. The van der Waals surface area contributed by atoms with E-state index >= 15 is 0 Å². The minimum absolute atomic E-state index is 0.0984. The first kappa shape index (κ1) is 13.9. The van der Waals surface area contributed by atoms with Crippen molar-refractivity contribution < 1.29 is 14.7 Å². The number of rotatable bonds is 4. The van der Waals surface area contributed by atoms with Gasteiger partial charge in [0, 0.05) is 11.9 Å². The third-order valence-electron chi connectivity index (χ3n) is 2.85. The minimum atomic E-state index is -1.09. The van der Waals surface area contributed by atoms with E-state index < -0.39 is 17.9 Å². The van der Waals surface area contributed by atoms with Gasteiger partial charge in [-0.3, -0.25) is 4.79 Å². The number of hydrogen-bond donors (Lipinski definition) is 2. The average molecular weight is 277 g/mol. The average Bonchev–Trinajstić information content (AvgIpc) is 2.80. The Bertz CT molecular complexity index is 664. The topological polar surface area (TPSA) is 109 Å². The molecular formula is C12H15N5O3. The number of hydrogen-bond acceptors (Lipinski definition) is 5. The molecule has 2 rings (SSSR count). The fourth-order valence-corrected chi connectivity index (χ4v) is 1.72. The Morgan fingerprint density at radius 1 is 1.40 bits per heavy atom. The van der Waals surface area contributed by atoms with Gasteiger partial charge in [-0.05, 0) is 18.9 Å². The molecule has 1 atom stereocenters. The highest BCUT2D eigenvalue weighted by Crippen LogP contribution is 2.05. The molecule has 0 aliphatic carbocycles. The molecule has 2 aromatic rings. The summed E-state index contributed by atoms with van der Waals surface area (Å²) in [5.74, 6) is -1.76. The summed E-state index contributed by atoms with van der Waals surface area (Å²) in [5.41, 5.74) is 0.778. The van der Waals surface area contributed by atoms with Crippen molar-refractivity contribution in [1.29, 1.82) is 0 Å². The number of nitrogens with zero attached hydrogens (tertiary/aromatic N) is 4. The predicted molar refractivity (Wildman–Crippen MR) is 69.2 cm³/mol. The third kappa shape index (κ3) is 2.58. The van der Waals surface area contributed by atoms with Crippen molar-refractivity contribution in [2.75, 3.05) is 0 Å². The highest BCUT2D eigenvalue weighted by molar-refractivity contribution is 5.93. The molecule has 1 unspecified atom stereocenters. The van der Waals surface area contributed by atoms with Crippen LogP contribution in [0.2, 0.25) is 0 Å². The lowest BCUT2D eigenvalue weighted by molar-refractivity contribution is -0.140. The van der Waals surface area contributed by atoms with E-state index in [2.05, 4.69) is 20.4 Å². The maximum Gasteiger partial charge on any atom is 0.326 e. The Labute approximate surface area is 114 Å². The number of aromatic nitrogens is 4. The first-order valence-corrected chi connectivity index (χ1v) is 6.12. The minimum Gasteiger partial charge on any atom is -0.480 e. The molecule has 0 saturated carbocycles. The fraction of sp³-hybridized carbons (Fsp3) is 0.417. The Balaban J connectivity index is 2.27. The number of carboxylic acids is 1. The fourth-order valence-electron chi connectivity index (χ4n) is 1.72. The maximum absolute atomic E-state index is 12.0. The second kappa shape index (κ2) is 5.24. The molecule has 8 heteroatoms. The number of amides is 1. The summed E-state index contributed by atoms with van der Waals surface area (Å²) in [6, 6.07) is 0.750. The van der Waals surface area contributed by atoms with Crippen LogP contribution in [-0.2, 0) is 4.79 Å². The Morgan fingerprint density at radius 2 is 2.10 bits per heavy atom. The zero-order chi connectivity index (χ0) is 14.9. The van der Waals surface area contributed by atoms with E-state index in [-0.39, 0.29) is 11.7 Å². The van der Waals surface area contributed by atoms with Gasteiger partial charge in [0.1, 0.15) is 6.04 Å². The zero-order valence-electron chi connectivity index (χ0n) is 11.4. The van der Waals surface area contributed by atoms with Crippen LogP contribution in [0.15, 0.2) is 12.3 Å². The molecule has 0 aliphatic rings.